The molecule has 0 atom stereocenters. The number of ether oxygens (including phenoxy) is 1. The number of benzene rings is 2. The Morgan fingerprint density at radius 1 is 1.18 bits per heavy atom. The summed E-state index contributed by atoms with van der Waals surface area (Å²) >= 11 is 0. The first kappa shape index (κ1) is 18.1. The van der Waals surface area contributed by atoms with E-state index >= 15 is 0 Å². The van der Waals surface area contributed by atoms with Crippen LogP contribution in [0.3, 0.4) is 0 Å². The van der Waals surface area contributed by atoms with Crippen molar-refractivity contribution in [3.63, 3.8) is 0 Å². The Morgan fingerprint density at radius 2 is 1.96 bits per heavy atom. The van der Waals surface area contributed by atoms with Gasteiger partial charge in [0.1, 0.15) is 17.2 Å². The van der Waals surface area contributed by atoms with E-state index in [0.717, 1.165) is 10.8 Å². The molecule has 0 aliphatic heterocycles. The van der Waals surface area contributed by atoms with E-state index in [1.807, 2.05) is 25.1 Å². The number of anilines is 1. The molecule has 1 saturated carbocycles. The molecule has 4 rings (SSSR count). The van der Waals surface area contributed by atoms with Crippen molar-refractivity contribution in [2.24, 2.45) is 0 Å². The highest BCUT2D eigenvalue weighted by Crippen LogP contribution is 2.38. The summed E-state index contributed by atoms with van der Waals surface area (Å²) < 4.78 is 5.37. The molecule has 1 aliphatic rings. The van der Waals surface area contributed by atoms with E-state index in [2.05, 4.69) is 21.4 Å². The van der Waals surface area contributed by atoms with Crippen molar-refractivity contribution in [3.8, 4) is 35.1 Å². The van der Waals surface area contributed by atoms with E-state index in [1.54, 1.807) is 19.2 Å². The second-order valence-electron chi connectivity index (χ2n) is 7.43. The largest absolute Gasteiger partial charge is 0.507 e. The summed E-state index contributed by atoms with van der Waals surface area (Å²) in [5.41, 5.74) is 1.07. The van der Waals surface area contributed by atoms with Crippen molar-refractivity contribution >= 4 is 16.6 Å². The monoisotopic (exact) mass is 375 g/mol. The number of aromatic nitrogens is 2. The van der Waals surface area contributed by atoms with Crippen molar-refractivity contribution in [2.75, 3.05) is 12.4 Å². The zero-order valence-electron chi connectivity index (χ0n) is 15.7. The second kappa shape index (κ2) is 6.70. The number of fused-ring (bicyclic) bond motifs is 1. The molecule has 0 unspecified atom stereocenters. The Balaban J connectivity index is 1.81. The average molecular weight is 375 g/mol. The number of nitrogens with zero attached hydrogens (tertiary/aromatic N) is 2. The van der Waals surface area contributed by atoms with Gasteiger partial charge >= 0.3 is 0 Å². The molecule has 6 heteroatoms. The molecule has 1 heterocycles. The molecule has 0 spiro atoms. The summed E-state index contributed by atoms with van der Waals surface area (Å²) in [5.74, 6) is 3.88. The van der Waals surface area contributed by atoms with Gasteiger partial charge in [-0.25, -0.2) is 0 Å². The van der Waals surface area contributed by atoms with Crippen LogP contribution in [0.15, 0.2) is 36.4 Å². The van der Waals surface area contributed by atoms with E-state index < -0.39 is 5.60 Å². The molecular weight excluding hydrogens is 354 g/mol. The first-order valence-corrected chi connectivity index (χ1v) is 9.03. The van der Waals surface area contributed by atoms with E-state index in [0.29, 0.717) is 41.2 Å². The number of terminal acetylenes is 1. The van der Waals surface area contributed by atoms with Gasteiger partial charge in [0.05, 0.1) is 12.7 Å². The molecule has 3 N–H and O–H groups in total. The summed E-state index contributed by atoms with van der Waals surface area (Å²) in [6.45, 7) is 1.82. The normalized spacial score (nSPS) is 21.0. The van der Waals surface area contributed by atoms with Crippen molar-refractivity contribution in [3.05, 3.63) is 42.0 Å². The molecule has 1 aliphatic carbocycles. The Morgan fingerprint density at radius 3 is 2.61 bits per heavy atom. The van der Waals surface area contributed by atoms with Gasteiger partial charge < -0.3 is 20.3 Å². The van der Waals surface area contributed by atoms with Crippen LogP contribution in [0.25, 0.3) is 22.0 Å². The quantitative estimate of drug-likeness (QED) is 0.607. The van der Waals surface area contributed by atoms with Gasteiger partial charge in [0.15, 0.2) is 5.82 Å². The van der Waals surface area contributed by atoms with Crippen LogP contribution < -0.4 is 10.1 Å². The number of methoxy groups -OCH3 is 1. The third kappa shape index (κ3) is 3.21. The Labute approximate surface area is 163 Å². The molecule has 2 aromatic carbocycles. The van der Waals surface area contributed by atoms with Gasteiger partial charge in [-0.3, -0.25) is 0 Å². The van der Waals surface area contributed by atoms with Gasteiger partial charge in [0, 0.05) is 27.9 Å². The Kier molecular flexibility index (Phi) is 4.33. The van der Waals surface area contributed by atoms with Gasteiger partial charge in [-0.15, -0.1) is 16.6 Å². The van der Waals surface area contributed by atoms with E-state index in [9.17, 15) is 10.2 Å². The van der Waals surface area contributed by atoms with Crippen LogP contribution >= 0.6 is 0 Å². The van der Waals surface area contributed by atoms with Crippen LogP contribution in [0.4, 0.5) is 5.82 Å². The van der Waals surface area contributed by atoms with Crippen molar-refractivity contribution in [1.29, 1.82) is 0 Å². The highest BCUT2D eigenvalue weighted by molar-refractivity contribution is 6.01. The number of aromatic hydroxyl groups is 1. The summed E-state index contributed by atoms with van der Waals surface area (Å²) in [7, 11) is 1.61. The molecule has 6 nitrogen and oxygen atoms in total. The lowest BCUT2D eigenvalue weighted by Gasteiger charge is -2.41. The number of rotatable bonds is 4. The molecule has 3 aromatic rings. The van der Waals surface area contributed by atoms with Crippen LogP contribution in [-0.4, -0.2) is 39.2 Å². The molecule has 1 aromatic heterocycles. The third-order valence-corrected chi connectivity index (χ3v) is 5.12. The SMILES string of the molecule is C#Cc1ccc(-c2nnc(NC3CC(C)(O)C3)c3cc(OC)ccc23)c(O)c1. The van der Waals surface area contributed by atoms with Crippen molar-refractivity contribution in [2.45, 2.75) is 31.4 Å². The fourth-order valence-corrected chi connectivity index (χ4v) is 3.69. The lowest BCUT2D eigenvalue weighted by Crippen LogP contribution is -2.48. The molecule has 0 radical (unpaired) electrons. The van der Waals surface area contributed by atoms with Gasteiger partial charge in [0.25, 0.3) is 0 Å². The summed E-state index contributed by atoms with van der Waals surface area (Å²) in [6.07, 6.45) is 6.70. The molecular formula is C22H21N3O3. The van der Waals surface area contributed by atoms with Gasteiger partial charge in [0.2, 0.25) is 0 Å². The summed E-state index contributed by atoms with van der Waals surface area (Å²) in [4.78, 5) is 0. The predicted octanol–water partition coefficient (Wildman–Crippen LogP) is 3.32. The maximum absolute atomic E-state index is 10.4. The highest BCUT2D eigenvalue weighted by atomic mass is 16.5. The zero-order chi connectivity index (χ0) is 19.9. The number of hydrogen-bond donors (Lipinski definition) is 3. The first-order chi connectivity index (χ1) is 13.4. The lowest BCUT2D eigenvalue weighted by molar-refractivity contribution is -0.0235. The minimum Gasteiger partial charge on any atom is -0.507 e. The summed E-state index contributed by atoms with van der Waals surface area (Å²) in [5, 5.41) is 34.2. The Bertz CT molecular complexity index is 1090. The van der Waals surface area contributed by atoms with Crippen LogP contribution in [0.1, 0.15) is 25.3 Å². The fraction of sp³-hybridized carbons (Fsp3) is 0.273. The number of phenols is 1. The van der Waals surface area contributed by atoms with Crippen LogP contribution in [-0.2, 0) is 0 Å². The van der Waals surface area contributed by atoms with Crippen molar-refractivity contribution < 1.29 is 14.9 Å². The number of hydrogen-bond acceptors (Lipinski definition) is 6. The fourth-order valence-electron chi connectivity index (χ4n) is 3.69. The lowest BCUT2D eigenvalue weighted by atomic mass is 9.77. The topological polar surface area (TPSA) is 87.5 Å². The molecule has 0 amide bonds. The van der Waals surface area contributed by atoms with Crippen LogP contribution in [0.2, 0.25) is 0 Å². The van der Waals surface area contributed by atoms with Gasteiger partial charge in [-0.2, -0.15) is 0 Å². The second-order valence-corrected chi connectivity index (χ2v) is 7.43. The van der Waals surface area contributed by atoms with Gasteiger partial charge in [-0.05, 0) is 56.2 Å². The molecule has 0 bridgehead atoms. The summed E-state index contributed by atoms with van der Waals surface area (Å²) in [6, 6.07) is 10.8. The number of aliphatic hydroxyl groups is 1. The molecule has 28 heavy (non-hydrogen) atoms. The minimum atomic E-state index is -0.636. The zero-order valence-corrected chi connectivity index (χ0v) is 15.7. The average Bonchev–Trinajstić information content (AvgIpc) is 2.66. The van der Waals surface area contributed by atoms with Crippen LogP contribution in [0, 0.1) is 12.3 Å². The standard InChI is InChI=1S/C22H21N3O3/c1-4-13-5-7-17(19(26)9-13)20-16-8-6-15(28-3)10-18(16)21(25-24-20)23-14-11-22(2,27)12-14/h1,5-10,14,26-27H,11-12H2,2-3H3,(H,23,25). The maximum Gasteiger partial charge on any atom is 0.156 e. The van der Waals surface area contributed by atoms with Crippen molar-refractivity contribution in [1.82, 2.24) is 10.2 Å². The molecule has 1 fully saturated rings. The minimum absolute atomic E-state index is 0.0533. The van der Waals surface area contributed by atoms with Gasteiger partial charge in [-0.1, -0.05) is 5.92 Å². The molecule has 0 saturated heterocycles. The third-order valence-electron chi connectivity index (χ3n) is 5.12. The van der Waals surface area contributed by atoms with E-state index in [-0.39, 0.29) is 11.8 Å². The number of phenolic OH excluding ortho intramolecular Hbond substituents is 1. The smallest absolute Gasteiger partial charge is 0.156 e. The predicted molar refractivity (Wildman–Crippen MR) is 108 cm³/mol. The Hall–Kier alpha value is -3.30. The van der Waals surface area contributed by atoms with E-state index in [4.69, 9.17) is 11.2 Å². The molecule has 142 valence electrons. The highest BCUT2D eigenvalue weighted by Gasteiger charge is 2.38. The first-order valence-electron chi connectivity index (χ1n) is 9.03. The van der Waals surface area contributed by atoms with E-state index in [1.165, 1.54) is 6.07 Å². The number of nitrogens with one attached hydrogen (secondary N) is 1. The van der Waals surface area contributed by atoms with Crippen LogP contribution in [0.5, 0.6) is 11.5 Å². The maximum atomic E-state index is 10.4.